The summed E-state index contributed by atoms with van der Waals surface area (Å²) in [5, 5.41) is 0. The molecule has 2 aromatic carbocycles. The first-order valence-corrected chi connectivity index (χ1v) is 6.15. The van der Waals surface area contributed by atoms with Gasteiger partial charge in [0, 0.05) is 12.0 Å². The largest absolute Gasteiger partial charge is 0.277 e. The van der Waals surface area contributed by atoms with Gasteiger partial charge in [0.15, 0.2) is 0 Å². The van der Waals surface area contributed by atoms with Crippen LogP contribution in [0.4, 0.5) is 13.2 Å². The van der Waals surface area contributed by atoms with E-state index in [9.17, 15) is 13.2 Å². The van der Waals surface area contributed by atoms with Gasteiger partial charge in [-0.2, -0.15) is 0 Å². The van der Waals surface area contributed by atoms with Crippen LogP contribution in [0.3, 0.4) is 0 Å². The second-order valence-corrected chi connectivity index (χ2v) is 4.85. The first-order chi connectivity index (χ1) is 8.49. The average Bonchev–Trinajstić information content (AvgIpc) is 2.33. The van der Waals surface area contributed by atoms with E-state index in [4.69, 9.17) is 0 Å². The highest BCUT2D eigenvalue weighted by molar-refractivity contribution is 9.10. The maximum Gasteiger partial charge on any atom is 0.277 e. The molecule has 0 heterocycles. The van der Waals surface area contributed by atoms with Gasteiger partial charge in [-0.15, -0.1) is 0 Å². The van der Waals surface area contributed by atoms with E-state index in [1.807, 2.05) is 0 Å². The second kappa shape index (κ2) is 5.14. The van der Waals surface area contributed by atoms with Crippen LogP contribution in [0, 0.1) is 5.82 Å². The predicted molar refractivity (Wildman–Crippen MR) is 68.1 cm³/mol. The summed E-state index contributed by atoms with van der Waals surface area (Å²) in [5.74, 6) is -3.76. The van der Waals surface area contributed by atoms with Crippen LogP contribution >= 0.6 is 15.9 Å². The van der Waals surface area contributed by atoms with Crippen LogP contribution in [-0.4, -0.2) is 0 Å². The summed E-state index contributed by atoms with van der Waals surface area (Å²) < 4.78 is 41.4. The fraction of sp³-hybridized carbons (Fsp3) is 0.143. The summed E-state index contributed by atoms with van der Waals surface area (Å²) in [6, 6.07) is 11.8. The van der Waals surface area contributed by atoms with Crippen molar-refractivity contribution < 1.29 is 13.2 Å². The molecular formula is C14H10BrF3. The molecule has 0 aliphatic carbocycles. The van der Waals surface area contributed by atoms with Gasteiger partial charge in [0.05, 0.1) is 4.47 Å². The Balaban J connectivity index is 2.27. The molecule has 0 nitrogen and oxygen atoms in total. The van der Waals surface area contributed by atoms with Crippen LogP contribution in [0.25, 0.3) is 0 Å². The smallest absolute Gasteiger partial charge is 0.206 e. The van der Waals surface area contributed by atoms with Crippen LogP contribution in [0.1, 0.15) is 11.1 Å². The number of rotatable bonds is 3. The van der Waals surface area contributed by atoms with Crippen molar-refractivity contribution in [2.24, 2.45) is 0 Å². The lowest BCUT2D eigenvalue weighted by Gasteiger charge is -2.17. The molecule has 2 aromatic rings. The normalized spacial score (nSPS) is 11.6. The SMILES string of the molecule is Fc1cc(C(F)(F)Cc2ccccc2)ccc1Br. The van der Waals surface area contributed by atoms with Crippen molar-refractivity contribution in [2.45, 2.75) is 12.3 Å². The molecule has 0 N–H and O–H groups in total. The molecule has 18 heavy (non-hydrogen) atoms. The fourth-order valence-electron chi connectivity index (χ4n) is 1.68. The molecule has 4 heteroatoms. The molecule has 0 saturated heterocycles. The van der Waals surface area contributed by atoms with Crippen molar-refractivity contribution in [1.82, 2.24) is 0 Å². The lowest BCUT2D eigenvalue weighted by molar-refractivity contribution is -0.00413. The number of hydrogen-bond acceptors (Lipinski definition) is 0. The topological polar surface area (TPSA) is 0 Å². The third-order valence-corrected chi connectivity index (χ3v) is 3.25. The van der Waals surface area contributed by atoms with Crippen LogP contribution in [0.15, 0.2) is 53.0 Å². The molecule has 0 radical (unpaired) electrons. The van der Waals surface area contributed by atoms with Crippen LogP contribution < -0.4 is 0 Å². The van der Waals surface area contributed by atoms with Crippen molar-refractivity contribution in [3.8, 4) is 0 Å². The van der Waals surface area contributed by atoms with E-state index in [2.05, 4.69) is 15.9 Å². The zero-order valence-electron chi connectivity index (χ0n) is 9.34. The summed E-state index contributed by atoms with van der Waals surface area (Å²) in [5.41, 5.74) is 0.206. The van der Waals surface area contributed by atoms with E-state index in [0.717, 1.165) is 6.07 Å². The zero-order valence-corrected chi connectivity index (χ0v) is 10.9. The van der Waals surface area contributed by atoms with Gasteiger partial charge in [-0.25, -0.2) is 13.2 Å². The van der Waals surface area contributed by atoms with Gasteiger partial charge in [-0.1, -0.05) is 36.4 Å². The van der Waals surface area contributed by atoms with Crippen molar-refractivity contribution in [2.75, 3.05) is 0 Å². The summed E-state index contributed by atoms with van der Waals surface area (Å²) in [4.78, 5) is 0. The molecule has 0 bridgehead atoms. The third kappa shape index (κ3) is 2.93. The van der Waals surface area contributed by atoms with Crippen molar-refractivity contribution in [1.29, 1.82) is 0 Å². The zero-order chi connectivity index (χ0) is 13.2. The van der Waals surface area contributed by atoms with E-state index in [1.54, 1.807) is 30.3 Å². The molecule has 0 aromatic heterocycles. The first-order valence-electron chi connectivity index (χ1n) is 5.36. The van der Waals surface area contributed by atoms with Crippen molar-refractivity contribution in [3.05, 3.63) is 69.9 Å². The molecule has 0 fully saturated rings. The summed E-state index contributed by atoms with van der Waals surface area (Å²) in [6.45, 7) is 0. The highest BCUT2D eigenvalue weighted by Crippen LogP contribution is 2.33. The molecule has 0 amide bonds. The summed E-state index contributed by atoms with van der Waals surface area (Å²) >= 11 is 2.94. The Morgan fingerprint density at radius 1 is 1.00 bits per heavy atom. The minimum atomic E-state index is -3.08. The highest BCUT2D eigenvalue weighted by Gasteiger charge is 2.32. The van der Waals surface area contributed by atoms with Crippen LogP contribution in [-0.2, 0) is 12.3 Å². The molecule has 0 unspecified atom stereocenters. The Morgan fingerprint density at radius 2 is 1.67 bits per heavy atom. The van der Waals surface area contributed by atoms with Crippen molar-refractivity contribution in [3.63, 3.8) is 0 Å². The maximum atomic E-state index is 14.0. The summed E-state index contributed by atoms with van der Waals surface area (Å²) in [6.07, 6.45) is -0.436. The molecular weight excluding hydrogens is 305 g/mol. The molecule has 0 saturated carbocycles. The van der Waals surface area contributed by atoms with Gasteiger partial charge in [0.25, 0.3) is 5.92 Å². The molecule has 2 rings (SSSR count). The van der Waals surface area contributed by atoms with E-state index in [-0.39, 0.29) is 10.0 Å². The molecule has 94 valence electrons. The number of alkyl halides is 2. The van der Waals surface area contributed by atoms with Crippen LogP contribution in [0.5, 0.6) is 0 Å². The fourth-order valence-corrected chi connectivity index (χ4v) is 1.92. The van der Waals surface area contributed by atoms with Gasteiger partial charge in [0.2, 0.25) is 0 Å². The Bertz CT molecular complexity index is 538. The lowest BCUT2D eigenvalue weighted by atomic mass is 10.0. The quantitative estimate of drug-likeness (QED) is 0.754. The number of hydrogen-bond donors (Lipinski definition) is 0. The lowest BCUT2D eigenvalue weighted by Crippen LogP contribution is -2.17. The van der Waals surface area contributed by atoms with Gasteiger partial charge in [-0.05, 0) is 33.6 Å². The maximum absolute atomic E-state index is 14.0. The van der Waals surface area contributed by atoms with E-state index in [1.165, 1.54) is 12.1 Å². The Labute approximate surface area is 112 Å². The molecule has 0 aliphatic rings. The second-order valence-electron chi connectivity index (χ2n) is 4.00. The van der Waals surface area contributed by atoms with E-state index < -0.39 is 18.2 Å². The molecule has 0 atom stereocenters. The van der Waals surface area contributed by atoms with Gasteiger partial charge < -0.3 is 0 Å². The third-order valence-electron chi connectivity index (χ3n) is 2.61. The number of benzene rings is 2. The number of halogens is 4. The van der Waals surface area contributed by atoms with E-state index >= 15 is 0 Å². The van der Waals surface area contributed by atoms with E-state index in [0.29, 0.717) is 5.56 Å². The van der Waals surface area contributed by atoms with Gasteiger partial charge in [-0.3, -0.25) is 0 Å². The first kappa shape index (κ1) is 13.1. The van der Waals surface area contributed by atoms with Gasteiger partial charge >= 0.3 is 0 Å². The van der Waals surface area contributed by atoms with Crippen LogP contribution in [0.2, 0.25) is 0 Å². The Kier molecular flexibility index (Phi) is 3.76. The molecule has 0 spiro atoms. The highest BCUT2D eigenvalue weighted by atomic mass is 79.9. The summed E-state index contributed by atoms with van der Waals surface area (Å²) in [7, 11) is 0. The molecule has 0 aliphatic heterocycles. The Hall–Kier alpha value is -1.29. The Morgan fingerprint density at radius 3 is 2.28 bits per heavy atom. The predicted octanol–water partition coefficient (Wildman–Crippen LogP) is 4.92. The minimum Gasteiger partial charge on any atom is -0.206 e. The average molecular weight is 315 g/mol. The minimum absolute atomic E-state index is 0.182. The monoisotopic (exact) mass is 314 g/mol. The van der Waals surface area contributed by atoms with Crippen molar-refractivity contribution >= 4 is 15.9 Å². The standard InChI is InChI=1S/C14H10BrF3/c15-12-7-6-11(8-13(12)16)14(17,18)9-10-4-2-1-3-5-10/h1-8H,9H2. The van der Waals surface area contributed by atoms with Gasteiger partial charge in [0.1, 0.15) is 5.82 Å².